The summed E-state index contributed by atoms with van der Waals surface area (Å²) in [6.07, 6.45) is 0.344. The van der Waals surface area contributed by atoms with E-state index < -0.39 is 28.6 Å². The summed E-state index contributed by atoms with van der Waals surface area (Å²) in [6, 6.07) is 0. The molecule has 0 N–H and O–H groups in total. The highest BCUT2D eigenvalue weighted by Gasteiger charge is 2.45. The van der Waals surface area contributed by atoms with Gasteiger partial charge in [0.2, 0.25) is 0 Å². The second-order valence-electron chi connectivity index (χ2n) is 6.69. The van der Waals surface area contributed by atoms with Crippen molar-refractivity contribution in [3.63, 3.8) is 0 Å². The van der Waals surface area contributed by atoms with Gasteiger partial charge in [0.15, 0.2) is 5.41 Å². The molecule has 0 heterocycles. The number of carbonyl (C=O) groups is 2. The second-order valence-corrected chi connectivity index (χ2v) is 6.69. The van der Waals surface area contributed by atoms with Gasteiger partial charge >= 0.3 is 11.9 Å². The minimum absolute atomic E-state index is 0.344. The largest absolute Gasteiger partial charge is 0.459 e. The van der Waals surface area contributed by atoms with Gasteiger partial charge in [-0.05, 0) is 54.9 Å². The third kappa shape index (κ3) is 5.07. The van der Waals surface area contributed by atoms with Crippen LogP contribution >= 0.6 is 0 Å². The maximum Gasteiger partial charge on any atom is 0.323 e. The summed E-state index contributed by atoms with van der Waals surface area (Å²) < 4.78 is 10.6. The quantitative estimate of drug-likeness (QED) is 0.576. The molecule has 18 heavy (non-hydrogen) atoms. The Balaban J connectivity index is 5.01. The lowest BCUT2D eigenvalue weighted by Crippen LogP contribution is -2.44. The van der Waals surface area contributed by atoms with Crippen molar-refractivity contribution < 1.29 is 19.1 Å². The average Bonchev–Trinajstić information content (AvgIpc) is 2.10. The van der Waals surface area contributed by atoms with Crippen molar-refractivity contribution in [2.45, 2.75) is 73.0 Å². The SMILES string of the molecule is CCC(C)(C(=O)OC(C)(C)C)C(=O)OC(C)(C)C. The van der Waals surface area contributed by atoms with Gasteiger partial charge in [-0.15, -0.1) is 0 Å². The molecule has 0 aliphatic rings. The van der Waals surface area contributed by atoms with Crippen LogP contribution in [0.2, 0.25) is 0 Å². The number of esters is 2. The smallest absolute Gasteiger partial charge is 0.323 e. The van der Waals surface area contributed by atoms with Crippen LogP contribution in [0.1, 0.15) is 61.8 Å². The monoisotopic (exact) mass is 258 g/mol. The molecule has 0 aromatic rings. The Morgan fingerprint density at radius 3 is 1.22 bits per heavy atom. The zero-order valence-corrected chi connectivity index (χ0v) is 12.8. The van der Waals surface area contributed by atoms with E-state index in [0.717, 1.165) is 0 Å². The predicted octanol–water partition coefficient (Wildman–Crippen LogP) is 3.09. The van der Waals surface area contributed by atoms with Crippen molar-refractivity contribution >= 4 is 11.9 Å². The maximum atomic E-state index is 12.1. The van der Waals surface area contributed by atoms with E-state index in [1.165, 1.54) is 0 Å². The summed E-state index contributed by atoms with van der Waals surface area (Å²) in [4.78, 5) is 24.2. The molecule has 0 aliphatic heterocycles. The molecule has 106 valence electrons. The number of hydrogen-bond acceptors (Lipinski definition) is 4. The molecule has 4 heteroatoms. The molecule has 0 aromatic carbocycles. The van der Waals surface area contributed by atoms with E-state index in [4.69, 9.17) is 9.47 Å². The van der Waals surface area contributed by atoms with Crippen LogP contribution in [0, 0.1) is 5.41 Å². The fourth-order valence-corrected chi connectivity index (χ4v) is 1.15. The summed E-state index contributed by atoms with van der Waals surface area (Å²) in [5.74, 6) is -1.07. The standard InChI is InChI=1S/C14H26O4/c1-9-14(8,10(15)17-12(2,3)4)11(16)18-13(5,6)7/h9H2,1-8H3. The van der Waals surface area contributed by atoms with Crippen molar-refractivity contribution in [2.24, 2.45) is 5.41 Å². The number of carbonyl (C=O) groups excluding carboxylic acids is 2. The molecule has 0 saturated carbocycles. The molecule has 0 unspecified atom stereocenters. The predicted molar refractivity (Wildman–Crippen MR) is 70.1 cm³/mol. The lowest BCUT2D eigenvalue weighted by atomic mass is 9.87. The van der Waals surface area contributed by atoms with Crippen molar-refractivity contribution in [3.8, 4) is 0 Å². The summed E-state index contributed by atoms with van der Waals surface area (Å²) >= 11 is 0. The fourth-order valence-electron chi connectivity index (χ4n) is 1.15. The van der Waals surface area contributed by atoms with Gasteiger partial charge in [-0.3, -0.25) is 9.59 Å². The topological polar surface area (TPSA) is 52.6 Å². The van der Waals surface area contributed by atoms with Crippen LogP contribution < -0.4 is 0 Å². The van der Waals surface area contributed by atoms with Gasteiger partial charge < -0.3 is 9.47 Å². The minimum Gasteiger partial charge on any atom is -0.459 e. The lowest BCUT2D eigenvalue weighted by Gasteiger charge is -2.31. The van der Waals surface area contributed by atoms with Gasteiger partial charge in [0.25, 0.3) is 0 Å². The first-order valence-corrected chi connectivity index (χ1v) is 6.29. The van der Waals surface area contributed by atoms with Crippen LogP contribution in [0.5, 0.6) is 0 Å². The van der Waals surface area contributed by atoms with E-state index >= 15 is 0 Å². The Hall–Kier alpha value is -1.06. The minimum atomic E-state index is -1.25. The third-order valence-corrected chi connectivity index (χ3v) is 2.41. The van der Waals surface area contributed by atoms with E-state index in [9.17, 15) is 9.59 Å². The van der Waals surface area contributed by atoms with Gasteiger partial charge in [0, 0.05) is 0 Å². The molecule has 4 nitrogen and oxygen atoms in total. The zero-order chi connectivity index (χ0) is 14.8. The van der Waals surface area contributed by atoms with Gasteiger partial charge in [0.05, 0.1) is 0 Å². The Kier molecular flexibility index (Phi) is 4.98. The van der Waals surface area contributed by atoms with Crippen molar-refractivity contribution in [1.82, 2.24) is 0 Å². The molecule has 0 bridgehead atoms. The first kappa shape index (κ1) is 16.9. The molecule has 0 saturated heterocycles. The number of hydrogen-bond donors (Lipinski definition) is 0. The molecule has 0 atom stereocenters. The first-order valence-electron chi connectivity index (χ1n) is 6.29. The molecule has 0 spiro atoms. The number of rotatable bonds is 3. The normalized spacial score (nSPS) is 13.1. The molecule has 0 amide bonds. The molecule has 0 rings (SSSR count). The van der Waals surface area contributed by atoms with E-state index in [0.29, 0.717) is 6.42 Å². The summed E-state index contributed by atoms with van der Waals surface area (Å²) in [5, 5.41) is 0. The van der Waals surface area contributed by atoms with Crippen LogP contribution in [0.25, 0.3) is 0 Å². The highest BCUT2D eigenvalue weighted by Crippen LogP contribution is 2.29. The van der Waals surface area contributed by atoms with Crippen LogP contribution in [-0.4, -0.2) is 23.1 Å². The Morgan fingerprint density at radius 1 is 0.778 bits per heavy atom. The molecular formula is C14H26O4. The highest BCUT2D eigenvalue weighted by atomic mass is 16.6. The van der Waals surface area contributed by atoms with Crippen LogP contribution in [0.3, 0.4) is 0 Å². The van der Waals surface area contributed by atoms with E-state index in [1.54, 1.807) is 55.4 Å². The highest BCUT2D eigenvalue weighted by molar-refractivity contribution is 5.99. The Morgan fingerprint density at radius 2 is 1.06 bits per heavy atom. The maximum absolute atomic E-state index is 12.1. The van der Waals surface area contributed by atoms with Crippen LogP contribution in [0.15, 0.2) is 0 Å². The van der Waals surface area contributed by atoms with Gasteiger partial charge in [-0.25, -0.2) is 0 Å². The fraction of sp³-hybridized carbons (Fsp3) is 0.857. The summed E-state index contributed by atoms with van der Waals surface area (Å²) in [7, 11) is 0. The Labute approximate surface area is 110 Å². The second kappa shape index (κ2) is 5.29. The first-order chi connectivity index (χ1) is 7.82. The molecule has 0 radical (unpaired) electrons. The average molecular weight is 258 g/mol. The molecule has 0 aliphatic carbocycles. The van der Waals surface area contributed by atoms with Gasteiger partial charge in [-0.2, -0.15) is 0 Å². The summed E-state index contributed by atoms with van der Waals surface area (Å²) in [6.45, 7) is 14.0. The van der Waals surface area contributed by atoms with Crippen LogP contribution in [-0.2, 0) is 19.1 Å². The van der Waals surface area contributed by atoms with Gasteiger partial charge in [-0.1, -0.05) is 6.92 Å². The van der Waals surface area contributed by atoms with E-state index in [-0.39, 0.29) is 0 Å². The molecular weight excluding hydrogens is 232 g/mol. The third-order valence-electron chi connectivity index (χ3n) is 2.41. The van der Waals surface area contributed by atoms with Crippen molar-refractivity contribution in [1.29, 1.82) is 0 Å². The Bertz CT molecular complexity index is 290. The molecule has 0 fully saturated rings. The lowest BCUT2D eigenvalue weighted by molar-refractivity contribution is -0.184. The van der Waals surface area contributed by atoms with Gasteiger partial charge in [0.1, 0.15) is 11.2 Å². The van der Waals surface area contributed by atoms with Crippen molar-refractivity contribution in [2.75, 3.05) is 0 Å². The number of ether oxygens (including phenoxy) is 2. The van der Waals surface area contributed by atoms with Crippen molar-refractivity contribution in [3.05, 3.63) is 0 Å². The van der Waals surface area contributed by atoms with Crippen LogP contribution in [0.4, 0.5) is 0 Å². The van der Waals surface area contributed by atoms with E-state index in [1.807, 2.05) is 0 Å². The zero-order valence-electron chi connectivity index (χ0n) is 12.8. The summed E-state index contributed by atoms with van der Waals surface area (Å²) in [5.41, 5.74) is -2.48. The molecule has 0 aromatic heterocycles. The van der Waals surface area contributed by atoms with E-state index in [2.05, 4.69) is 0 Å².